The molecule has 0 radical (unpaired) electrons. The van der Waals surface area contributed by atoms with Crippen LogP contribution in [0.2, 0.25) is 5.02 Å². The minimum atomic E-state index is -0.297. The summed E-state index contributed by atoms with van der Waals surface area (Å²) in [5, 5.41) is 5.19. The van der Waals surface area contributed by atoms with Gasteiger partial charge in [-0.2, -0.15) is 9.78 Å². The first-order chi connectivity index (χ1) is 11.4. The van der Waals surface area contributed by atoms with Gasteiger partial charge in [0.25, 0.3) is 0 Å². The number of benzene rings is 1. The van der Waals surface area contributed by atoms with E-state index in [-0.39, 0.29) is 12.4 Å². The molecule has 1 aromatic heterocycles. The van der Waals surface area contributed by atoms with Crippen molar-refractivity contribution in [2.45, 2.75) is 26.6 Å². The topological polar surface area (TPSA) is 53.5 Å². The van der Waals surface area contributed by atoms with E-state index in [2.05, 4.69) is 12.1 Å². The average Bonchev–Trinajstić information content (AvgIpc) is 2.78. The number of ether oxygens (including phenoxy) is 1. The predicted molar refractivity (Wildman–Crippen MR) is 94.4 cm³/mol. The van der Waals surface area contributed by atoms with Crippen LogP contribution in [0.4, 0.5) is 0 Å². The number of aromatic nitrogens is 3. The SMILES string of the molecule is CCOC(=O)Cc1nn(C[NH+](C)Cc2ccc(Cl)cc2)c(=S)n1C. The van der Waals surface area contributed by atoms with Crippen LogP contribution in [0.3, 0.4) is 0 Å². The normalized spacial score (nSPS) is 12.2. The van der Waals surface area contributed by atoms with Gasteiger partial charge in [0.1, 0.15) is 18.8 Å². The van der Waals surface area contributed by atoms with E-state index in [0.717, 1.165) is 11.6 Å². The standard InChI is InChI=1S/C16H21ClN4O2S/c1-4-23-15(22)9-14-18-21(16(24)20(14)3)11-19(2)10-12-5-7-13(17)8-6-12/h5-8H,4,9-11H2,1-3H3/p+1. The molecule has 1 unspecified atom stereocenters. The Bertz CT molecular complexity index is 754. The van der Waals surface area contributed by atoms with E-state index < -0.39 is 0 Å². The molecule has 6 nitrogen and oxygen atoms in total. The molecule has 0 aliphatic carbocycles. The summed E-state index contributed by atoms with van der Waals surface area (Å²) in [6, 6.07) is 7.79. The Morgan fingerprint density at radius 3 is 2.67 bits per heavy atom. The fourth-order valence-electron chi connectivity index (χ4n) is 2.39. The lowest BCUT2D eigenvalue weighted by molar-refractivity contribution is -0.917. The van der Waals surface area contributed by atoms with Gasteiger partial charge in [0.15, 0.2) is 6.67 Å². The van der Waals surface area contributed by atoms with Gasteiger partial charge >= 0.3 is 5.97 Å². The Hall–Kier alpha value is -1.70. The highest BCUT2D eigenvalue weighted by atomic mass is 35.5. The summed E-state index contributed by atoms with van der Waals surface area (Å²) in [7, 11) is 3.88. The van der Waals surface area contributed by atoms with E-state index in [1.165, 1.54) is 10.5 Å². The monoisotopic (exact) mass is 369 g/mol. The van der Waals surface area contributed by atoms with Gasteiger partial charge in [-0.25, -0.2) is 0 Å². The molecule has 0 spiro atoms. The van der Waals surface area contributed by atoms with Crippen LogP contribution in [0.25, 0.3) is 0 Å². The predicted octanol–water partition coefficient (Wildman–Crippen LogP) is 1.38. The van der Waals surface area contributed by atoms with E-state index >= 15 is 0 Å². The molecule has 2 aromatic rings. The first-order valence-corrected chi connectivity index (χ1v) is 8.53. The van der Waals surface area contributed by atoms with Crippen molar-refractivity contribution in [3.8, 4) is 0 Å². The Morgan fingerprint density at radius 1 is 1.38 bits per heavy atom. The highest BCUT2D eigenvalue weighted by Gasteiger charge is 2.15. The van der Waals surface area contributed by atoms with Crippen molar-refractivity contribution in [3.63, 3.8) is 0 Å². The van der Waals surface area contributed by atoms with Crippen LogP contribution in [-0.4, -0.2) is 34.0 Å². The van der Waals surface area contributed by atoms with Gasteiger partial charge in [0.2, 0.25) is 4.77 Å². The van der Waals surface area contributed by atoms with Crippen LogP contribution in [0.15, 0.2) is 24.3 Å². The number of hydrogen-bond donors (Lipinski definition) is 1. The zero-order valence-corrected chi connectivity index (χ0v) is 15.7. The molecule has 24 heavy (non-hydrogen) atoms. The molecule has 0 fully saturated rings. The highest BCUT2D eigenvalue weighted by molar-refractivity contribution is 7.71. The van der Waals surface area contributed by atoms with E-state index in [0.29, 0.717) is 23.9 Å². The molecule has 0 amide bonds. The second-order valence-corrected chi connectivity index (χ2v) is 6.46. The number of nitrogens with one attached hydrogen (secondary N) is 1. The lowest BCUT2D eigenvalue weighted by Crippen LogP contribution is -3.07. The van der Waals surface area contributed by atoms with E-state index in [1.54, 1.807) is 16.2 Å². The zero-order chi connectivity index (χ0) is 17.7. The number of nitrogens with zero attached hydrogens (tertiary/aromatic N) is 3. The van der Waals surface area contributed by atoms with Gasteiger partial charge in [-0.15, -0.1) is 0 Å². The summed E-state index contributed by atoms with van der Waals surface area (Å²) in [5.41, 5.74) is 1.19. The minimum Gasteiger partial charge on any atom is -0.466 e. The Labute approximate surface area is 151 Å². The Morgan fingerprint density at radius 2 is 2.04 bits per heavy atom. The van der Waals surface area contributed by atoms with Crippen LogP contribution in [0.1, 0.15) is 18.3 Å². The van der Waals surface area contributed by atoms with Gasteiger partial charge < -0.3 is 14.2 Å². The molecular weight excluding hydrogens is 348 g/mol. The molecule has 0 saturated carbocycles. The molecule has 2 rings (SSSR count). The van der Waals surface area contributed by atoms with Crippen molar-refractivity contribution in [1.82, 2.24) is 14.3 Å². The number of hydrogen-bond acceptors (Lipinski definition) is 4. The van der Waals surface area contributed by atoms with Crippen LogP contribution < -0.4 is 4.90 Å². The lowest BCUT2D eigenvalue weighted by Gasteiger charge is -2.13. The molecule has 8 heteroatoms. The molecule has 1 N–H and O–H groups in total. The lowest BCUT2D eigenvalue weighted by atomic mass is 10.2. The van der Waals surface area contributed by atoms with Gasteiger partial charge in [-0.05, 0) is 31.3 Å². The number of rotatable bonds is 7. The van der Waals surface area contributed by atoms with Crippen molar-refractivity contribution in [2.75, 3.05) is 13.7 Å². The third kappa shape index (κ3) is 4.90. The fourth-order valence-corrected chi connectivity index (χ4v) is 2.73. The summed E-state index contributed by atoms with van der Waals surface area (Å²) in [4.78, 5) is 12.9. The molecule has 1 aromatic carbocycles. The van der Waals surface area contributed by atoms with Gasteiger partial charge in [-0.3, -0.25) is 4.79 Å². The number of esters is 1. The molecule has 130 valence electrons. The number of halogens is 1. The van der Waals surface area contributed by atoms with Crippen LogP contribution in [-0.2, 0) is 36.2 Å². The molecule has 0 aliphatic rings. The van der Waals surface area contributed by atoms with E-state index in [9.17, 15) is 4.79 Å². The maximum atomic E-state index is 11.6. The molecule has 0 saturated heterocycles. The minimum absolute atomic E-state index is 0.122. The van der Waals surface area contributed by atoms with Gasteiger partial charge in [0, 0.05) is 17.6 Å². The summed E-state index contributed by atoms with van der Waals surface area (Å²) in [6.45, 7) is 3.57. The van der Waals surface area contributed by atoms with E-state index in [4.69, 9.17) is 28.6 Å². The van der Waals surface area contributed by atoms with Crippen LogP contribution in [0, 0.1) is 4.77 Å². The quantitative estimate of drug-likeness (QED) is 0.592. The average molecular weight is 370 g/mol. The maximum absolute atomic E-state index is 11.6. The summed E-state index contributed by atoms with van der Waals surface area (Å²) in [6.07, 6.45) is 0.122. The first-order valence-electron chi connectivity index (χ1n) is 7.74. The zero-order valence-electron chi connectivity index (χ0n) is 14.1. The number of carbonyl (C=O) groups excluding carboxylic acids is 1. The van der Waals surface area contributed by atoms with Crippen molar-refractivity contribution in [3.05, 3.63) is 45.4 Å². The van der Waals surface area contributed by atoms with Gasteiger partial charge in [-0.1, -0.05) is 23.7 Å². The number of quaternary nitrogens is 1. The highest BCUT2D eigenvalue weighted by Crippen LogP contribution is 2.08. The second-order valence-electron chi connectivity index (χ2n) is 5.66. The van der Waals surface area contributed by atoms with E-state index in [1.807, 2.05) is 31.3 Å². The molecular formula is C16H22ClN4O2S+. The Kier molecular flexibility index (Phi) is 6.53. The molecule has 1 heterocycles. The second kappa shape index (κ2) is 8.41. The Balaban J connectivity index is 2.05. The fraction of sp³-hybridized carbons (Fsp3) is 0.438. The summed E-state index contributed by atoms with van der Waals surface area (Å²) >= 11 is 11.3. The third-order valence-electron chi connectivity index (χ3n) is 3.58. The van der Waals surface area contributed by atoms with Crippen molar-refractivity contribution in [2.24, 2.45) is 7.05 Å². The molecule has 0 aliphatic heterocycles. The third-order valence-corrected chi connectivity index (χ3v) is 4.31. The largest absolute Gasteiger partial charge is 0.466 e. The summed E-state index contributed by atoms with van der Waals surface area (Å²) in [5.74, 6) is 0.312. The maximum Gasteiger partial charge on any atom is 0.313 e. The number of carbonyl (C=O) groups is 1. The van der Waals surface area contributed by atoms with Crippen molar-refractivity contribution in [1.29, 1.82) is 0 Å². The van der Waals surface area contributed by atoms with Crippen LogP contribution in [0.5, 0.6) is 0 Å². The van der Waals surface area contributed by atoms with Gasteiger partial charge in [0.05, 0.1) is 13.7 Å². The first kappa shape index (κ1) is 18.6. The smallest absolute Gasteiger partial charge is 0.313 e. The van der Waals surface area contributed by atoms with Crippen molar-refractivity contribution >= 4 is 29.8 Å². The summed E-state index contributed by atoms with van der Waals surface area (Å²) < 4.78 is 9.05. The molecule has 1 atom stereocenters. The molecule has 0 bridgehead atoms. The van der Waals surface area contributed by atoms with Crippen LogP contribution >= 0.6 is 23.8 Å². The van der Waals surface area contributed by atoms with Crippen molar-refractivity contribution < 1.29 is 14.4 Å².